The Hall–Kier alpha value is -2.36. The molecular weight excluding hydrogens is 429 g/mol. The molecule has 0 aromatic heterocycles. The van der Waals surface area contributed by atoms with E-state index in [4.69, 9.17) is 9.84 Å². The van der Waals surface area contributed by atoms with Crippen molar-refractivity contribution in [1.82, 2.24) is 0 Å². The van der Waals surface area contributed by atoms with Gasteiger partial charge >= 0.3 is 12.1 Å². The number of carbonyl (C=O) groups is 1. The third-order valence-electron chi connectivity index (χ3n) is 5.45. The topological polar surface area (TPSA) is 107 Å². The molecule has 0 saturated heterocycles. The fourth-order valence-electron chi connectivity index (χ4n) is 3.68. The first-order chi connectivity index (χ1) is 15.0. The monoisotopic (exact) mass is 458 g/mol. The average molecular weight is 458 g/mol. The minimum Gasteiger partial charge on any atom is -0.491 e. The Bertz CT molecular complexity index is 807. The number of aliphatic hydroxyl groups excluding tert-OH is 2. The summed E-state index contributed by atoms with van der Waals surface area (Å²) >= 11 is 0. The van der Waals surface area contributed by atoms with Crippen LogP contribution in [-0.2, 0) is 11.0 Å². The highest BCUT2D eigenvalue weighted by Gasteiger charge is 2.44. The van der Waals surface area contributed by atoms with Crippen molar-refractivity contribution in [2.45, 2.75) is 62.5 Å². The van der Waals surface area contributed by atoms with Crippen molar-refractivity contribution in [3.05, 3.63) is 54.1 Å². The molecule has 0 radical (unpaired) electrons. The lowest BCUT2D eigenvalue weighted by atomic mass is 9.86. The van der Waals surface area contributed by atoms with E-state index in [1.54, 1.807) is 6.08 Å². The molecule has 178 valence electrons. The Morgan fingerprint density at radius 1 is 1.31 bits per heavy atom. The van der Waals surface area contributed by atoms with E-state index in [1.807, 2.05) is 6.08 Å². The molecule has 1 saturated carbocycles. The Labute approximate surface area is 184 Å². The van der Waals surface area contributed by atoms with Gasteiger partial charge in [0.2, 0.25) is 0 Å². The van der Waals surface area contributed by atoms with E-state index in [-0.39, 0.29) is 18.8 Å². The largest absolute Gasteiger partial charge is 0.491 e. The van der Waals surface area contributed by atoms with Crippen molar-refractivity contribution in [1.29, 1.82) is 0 Å². The number of halogens is 3. The number of carboxylic acid groups (broad SMARTS) is 1. The summed E-state index contributed by atoms with van der Waals surface area (Å²) in [4.78, 5) is 10.5. The number of unbranched alkanes of at least 4 members (excludes halogenated alkanes) is 1. The summed E-state index contributed by atoms with van der Waals surface area (Å²) in [6.45, 7) is -0.301. The number of rotatable bonds is 11. The minimum atomic E-state index is -4.50. The summed E-state index contributed by atoms with van der Waals surface area (Å²) < 4.78 is 43.5. The molecule has 1 aliphatic carbocycles. The van der Waals surface area contributed by atoms with E-state index in [1.165, 1.54) is 24.3 Å². The van der Waals surface area contributed by atoms with E-state index >= 15 is 0 Å². The van der Waals surface area contributed by atoms with Crippen molar-refractivity contribution in [3.8, 4) is 5.75 Å². The molecule has 0 spiro atoms. The maximum Gasteiger partial charge on any atom is 0.416 e. The Balaban J connectivity index is 1.89. The molecule has 1 aliphatic rings. The van der Waals surface area contributed by atoms with E-state index in [0.29, 0.717) is 32.1 Å². The number of aliphatic hydroxyl groups is 3. The minimum absolute atomic E-state index is 0.0341. The number of ether oxygens (including phenoxy) is 1. The number of benzene rings is 1. The molecule has 0 aliphatic heterocycles. The van der Waals surface area contributed by atoms with E-state index in [0.717, 1.165) is 12.1 Å². The number of carboxylic acids is 1. The summed E-state index contributed by atoms with van der Waals surface area (Å²) in [6.07, 6.45) is 2.16. The van der Waals surface area contributed by atoms with Gasteiger partial charge in [-0.3, -0.25) is 4.79 Å². The lowest BCUT2D eigenvalue weighted by Gasteiger charge is -2.28. The SMILES string of the molecule is O=C(O)CCCC=CCC1C(O)CCC1(O)C=CC(O)COc1cccc(C(F)(F)F)c1. The number of aliphatic carboxylic acids is 1. The molecule has 4 atom stereocenters. The molecule has 4 unspecified atom stereocenters. The first-order valence-corrected chi connectivity index (χ1v) is 10.5. The zero-order valence-corrected chi connectivity index (χ0v) is 17.5. The second kappa shape index (κ2) is 11.5. The third-order valence-corrected chi connectivity index (χ3v) is 5.45. The molecule has 9 heteroatoms. The van der Waals surface area contributed by atoms with Gasteiger partial charge < -0.3 is 25.2 Å². The third kappa shape index (κ3) is 7.96. The van der Waals surface area contributed by atoms with Crippen LogP contribution in [0.1, 0.15) is 44.1 Å². The van der Waals surface area contributed by atoms with Gasteiger partial charge in [-0.05, 0) is 50.3 Å². The summed E-state index contributed by atoms with van der Waals surface area (Å²) in [7, 11) is 0. The molecule has 1 aromatic carbocycles. The van der Waals surface area contributed by atoms with Gasteiger partial charge in [-0.1, -0.05) is 30.4 Å². The number of hydrogen-bond donors (Lipinski definition) is 4. The maximum absolute atomic E-state index is 12.8. The molecule has 32 heavy (non-hydrogen) atoms. The number of allylic oxidation sites excluding steroid dienone is 2. The van der Waals surface area contributed by atoms with Crippen LogP contribution >= 0.6 is 0 Å². The van der Waals surface area contributed by atoms with Crippen LogP contribution in [0.2, 0.25) is 0 Å². The van der Waals surface area contributed by atoms with Crippen LogP contribution in [0.4, 0.5) is 13.2 Å². The van der Waals surface area contributed by atoms with E-state index in [2.05, 4.69) is 0 Å². The van der Waals surface area contributed by atoms with Gasteiger partial charge in [0.1, 0.15) is 18.5 Å². The molecule has 1 fully saturated rings. The predicted molar refractivity (Wildman–Crippen MR) is 111 cm³/mol. The van der Waals surface area contributed by atoms with Crippen LogP contribution in [0, 0.1) is 5.92 Å². The lowest BCUT2D eigenvalue weighted by molar-refractivity contribution is -0.138. The van der Waals surface area contributed by atoms with Gasteiger partial charge in [-0.15, -0.1) is 0 Å². The van der Waals surface area contributed by atoms with Crippen LogP contribution in [0.25, 0.3) is 0 Å². The second-order valence-electron chi connectivity index (χ2n) is 7.96. The molecule has 2 rings (SSSR count). The summed E-state index contributed by atoms with van der Waals surface area (Å²) in [5.41, 5.74) is -2.20. The van der Waals surface area contributed by atoms with Gasteiger partial charge in [0, 0.05) is 12.3 Å². The molecular formula is C23H29F3O6. The van der Waals surface area contributed by atoms with Gasteiger partial charge in [-0.2, -0.15) is 13.2 Å². The lowest BCUT2D eigenvalue weighted by Crippen LogP contribution is -2.35. The van der Waals surface area contributed by atoms with Crippen molar-refractivity contribution in [2.24, 2.45) is 5.92 Å². The summed E-state index contributed by atoms with van der Waals surface area (Å²) in [5, 5.41) is 39.9. The quantitative estimate of drug-likeness (QED) is 0.298. The van der Waals surface area contributed by atoms with E-state index in [9.17, 15) is 33.3 Å². The number of hydrogen-bond acceptors (Lipinski definition) is 5. The number of alkyl halides is 3. The first-order valence-electron chi connectivity index (χ1n) is 10.5. The van der Waals surface area contributed by atoms with Gasteiger partial charge in [0.15, 0.2) is 0 Å². The molecule has 1 aromatic rings. The molecule has 0 bridgehead atoms. The maximum atomic E-state index is 12.8. The van der Waals surface area contributed by atoms with Crippen molar-refractivity contribution in [2.75, 3.05) is 6.61 Å². The van der Waals surface area contributed by atoms with Gasteiger partial charge in [-0.25, -0.2) is 0 Å². The predicted octanol–water partition coefficient (Wildman–Crippen LogP) is 3.70. The normalized spacial score (nSPS) is 24.9. The highest BCUT2D eigenvalue weighted by atomic mass is 19.4. The molecule has 0 heterocycles. The Morgan fingerprint density at radius 2 is 2.06 bits per heavy atom. The summed E-state index contributed by atoms with van der Waals surface area (Å²) in [6, 6.07) is 4.33. The van der Waals surface area contributed by atoms with E-state index < -0.39 is 41.4 Å². The van der Waals surface area contributed by atoms with Crippen LogP contribution in [-0.4, -0.2) is 50.8 Å². The standard InChI is InChI=1S/C23H29F3O6/c24-23(25,26)16-6-5-7-18(14-16)32-15-17(27)10-12-22(31)13-11-20(28)19(22)8-3-1-2-4-9-21(29)30/h1,3,5-7,10,12,14,17,19-20,27-28,31H,2,4,8-9,11,13,15H2,(H,29,30). The van der Waals surface area contributed by atoms with Crippen molar-refractivity contribution >= 4 is 5.97 Å². The molecule has 6 nitrogen and oxygen atoms in total. The fourth-order valence-corrected chi connectivity index (χ4v) is 3.68. The second-order valence-corrected chi connectivity index (χ2v) is 7.96. The molecule has 0 amide bonds. The van der Waals surface area contributed by atoms with Gasteiger partial charge in [0.25, 0.3) is 0 Å². The first kappa shape index (κ1) is 25.9. The summed E-state index contributed by atoms with van der Waals surface area (Å²) in [5.74, 6) is -1.39. The van der Waals surface area contributed by atoms with Crippen molar-refractivity contribution in [3.63, 3.8) is 0 Å². The van der Waals surface area contributed by atoms with Crippen LogP contribution in [0.3, 0.4) is 0 Å². The zero-order chi connectivity index (χ0) is 23.8. The van der Waals surface area contributed by atoms with Crippen LogP contribution < -0.4 is 4.74 Å². The average Bonchev–Trinajstić information content (AvgIpc) is 3.01. The highest BCUT2D eigenvalue weighted by molar-refractivity contribution is 5.66. The van der Waals surface area contributed by atoms with Crippen LogP contribution in [0.5, 0.6) is 5.75 Å². The fraction of sp³-hybridized carbons (Fsp3) is 0.522. The smallest absolute Gasteiger partial charge is 0.416 e. The zero-order valence-electron chi connectivity index (χ0n) is 17.5. The van der Waals surface area contributed by atoms with Gasteiger partial charge in [0.05, 0.1) is 17.3 Å². The molecule has 4 N–H and O–H groups in total. The Kier molecular flexibility index (Phi) is 9.30. The Morgan fingerprint density at radius 3 is 2.75 bits per heavy atom. The van der Waals surface area contributed by atoms with Crippen molar-refractivity contribution < 1.29 is 43.1 Å². The highest BCUT2D eigenvalue weighted by Crippen LogP contribution is 2.39. The van der Waals surface area contributed by atoms with Crippen LogP contribution in [0.15, 0.2) is 48.6 Å².